The summed E-state index contributed by atoms with van der Waals surface area (Å²) in [4.78, 5) is 30.8. The van der Waals surface area contributed by atoms with Gasteiger partial charge in [0.15, 0.2) is 0 Å². The van der Waals surface area contributed by atoms with Crippen molar-refractivity contribution in [2.24, 2.45) is 0 Å². The maximum atomic E-state index is 14.6. The number of nitrogens with zero attached hydrogens (tertiary/aromatic N) is 2. The Balaban J connectivity index is 1.80. The van der Waals surface area contributed by atoms with E-state index >= 15 is 0 Å². The second-order valence-corrected chi connectivity index (χ2v) is 14.0. The Bertz CT molecular complexity index is 1740. The van der Waals surface area contributed by atoms with E-state index in [1.807, 2.05) is 57.4 Å². The highest BCUT2D eigenvalue weighted by Gasteiger charge is 2.35. The number of anilines is 1. The molecule has 4 aromatic rings. The number of carbonyl (C=O) groups excluding carboxylic acids is 2. The molecule has 0 spiro atoms. The second kappa shape index (κ2) is 17.2. The molecule has 0 heterocycles. The van der Waals surface area contributed by atoms with Crippen LogP contribution in [0.5, 0.6) is 5.75 Å². The minimum atomic E-state index is -4.25. The van der Waals surface area contributed by atoms with Crippen molar-refractivity contribution in [1.82, 2.24) is 10.2 Å². The van der Waals surface area contributed by atoms with Gasteiger partial charge in [0.2, 0.25) is 11.8 Å². The van der Waals surface area contributed by atoms with Crippen LogP contribution in [-0.2, 0) is 32.6 Å². The lowest BCUT2D eigenvalue weighted by Gasteiger charge is -2.34. The zero-order valence-corrected chi connectivity index (χ0v) is 29.3. The van der Waals surface area contributed by atoms with E-state index in [4.69, 9.17) is 4.74 Å². The fourth-order valence-electron chi connectivity index (χ4n) is 5.06. The van der Waals surface area contributed by atoms with Gasteiger partial charge < -0.3 is 15.0 Å². The van der Waals surface area contributed by atoms with Crippen LogP contribution in [0.1, 0.15) is 38.3 Å². The highest BCUT2D eigenvalue weighted by Crippen LogP contribution is 2.28. The van der Waals surface area contributed by atoms with Gasteiger partial charge in [-0.05, 0) is 98.3 Å². The Morgan fingerprint density at radius 1 is 0.875 bits per heavy atom. The van der Waals surface area contributed by atoms with Gasteiger partial charge in [-0.1, -0.05) is 49.4 Å². The lowest BCUT2D eigenvalue weighted by molar-refractivity contribution is -0.140. The molecular weight excluding hydrogens is 650 g/mol. The third-order valence-corrected chi connectivity index (χ3v) is 10.4. The number of hydrogen-bond acceptors (Lipinski definition) is 6. The number of nitrogens with one attached hydrogen (secondary N) is 1. The van der Waals surface area contributed by atoms with Crippen LogP contribution in [0.4, 0.5) is 10.1 Å². The molecule has 0 aliphatic carbocycles. The summed E-state index contributed by atoms with van der Waals surface area (Å²) in [5.41, 5.74) is 1.66. The number of hydrogen-bond donors (Lipinski definition) is 1. The first-order valence-electron chi connectivity index (χ1n) is 15.8. The summed E-state index contributed by atoms with van der Waals surface area (Å²) in [5, 5.41) is 3.01. The van der Waals surface area contributed by atoms with Gasteiger partial charge in [-0.3, -0.25) is 13.9 Å². The van der Waals surface area contributed by atoms with Gasteiger partial charge in [0, 0.05) is 23.9 Å². The van der Waals surface area contributed by atoms with Crippen LogP contribution >= 0.6 is 11.8 Å². The van der Waals surface area contributed by atoms with Crippen molar-refractivity contribution in [3.8, 4) is 5.75 Å². The summed E-state index contributed by atoms with van der Waals surface area (Å²) < 4.78 is 49.1. The predicted octanol–water partition coefficient (Wildman–Crippen LogP) is 6.70. The summed E-state index contributed by atoms with van der Waals surface area (Å²) >= 11 is 1.48. The Labute approximate surface area is 287 Å². The number of thioether (sulfide) groups is 1. The Morgan fingerprint density at radius 2 is 1.52 bits per heavy atom. The number of ether oxygens (including phenoxy) is 1. The van der Waals surface area contributed by atoms with Crippen molar-refractivity contribution in [2.45, 2.75) is 62.0 Å². The van der Waals surface area contributed by atoms with Gasteiger partial charge in [0.25, 0.3) is 10.0 Å². The van der Waals surface area contributed by atoms with Gasteiger partial charge in [-0.25, -0.2) is 12.8 Å². The van der Waals surface area contributed by atoms with E-state index in [1.54, 1.807) is 48.5 Å². The molecule has 0 radical (unpaired) electrons. The van der Waals surface area contributed by atoms with E-state index in [1.165, 1.54) is 40.9 Å². The molecule has 0 aliphatic heterocycles. The van der Waals surface area contributed by atoms with E-state index < -0.39 is 34.3 Å². The first kappa shape index (κ1) is 36.5. The summed E-state index contributed by atoms with van der Waals surface area (Å²) in [6, 6.07) is 26.8. The summed E-state index contributed by atoms with van der Waals surface area (Å²) in [6.45, 7) is 5.46. The number of rotatable bonds is 16. The molecule has 0 saturated heterocycles. The fourth-order valence-corrected chi connectivity index (χ4v) is 6.88. The van der Waals surface area contributed by atoms with Gasteiger partial charge >= 0.3 is 0 Å². The minimum Gasteiger partial charge on any atom is -0.494 e. The summed E-state index contributed by atoms with van der Waals surface area (Å²) in [5.74, 6) is -0.853. The molecule has 254 valence electrons. The van der Waals surface area contributed by atoms with Gasteiger partial charge in [-0.2, -0.15) is 0 Å². The maximum Gasteiger partial charge on any atom is 0.264 e. The van der Waals surface area contributed by atoms with Crippen LogP contribution in [0.25, 0.3) is 0 Å². The molecular formula is C37H42FN3O5S2. The number of amides is 2. The third kappa shape index (κ3) is 9.60. The topological polar surface area (TPSA) is 96.0 Å². The fraction of sp³-hybridized carbons (Fsp3) is 0.297. The molecule has 0 bridgehead atoms. The number of sulfonamides is 1. The smallest absolute Gasteiger partial charge is 0.264 e. The SMILES string of the molecule is CCOc1ccc(N(CC(=O)N(Cc2ccc(F)cc2)[C@@H](Cc2ccccc2)C(=O)N[C@@H](C)CC)S(=O)(=O)c2ccc(SC)cc2)cc1. The average molecular weight is 692 g/mol. The van der Waals surface area contributed by atoms with Gasteiger partial charge in [0.1, 0.15) is 24.2 Å². The number of halogens is 1. The average Bonchev–Trinajstić information content (AvgIpc) is 3.10. The molecule has 0 saturated carbocycles. The van der Waals surface area contributed by atoms with Crippen LogP contribution in [0.3, 0.4) is 0 Å². The monoisotopic (exact) mass is 691 g/mol. The van der Waals surface area contributed by atoms with E-state index in [9.17, 15) is 22.4 Å². The minimum absolute atomic E-state index is 0.0161. The zero-order valence-electron chi connectivity index (χ0n) is 27.6. The first-order valence-corrected chi connectivity index (χ1v) is 18.5. The largest absolute Gasteiger partial charge is 0.494 e. The third-order valence-electron chi connectivity index (χ3n) is 7.90. The number of carbonyl (C=O) groups is 2. The predicted molar refractivity (Wildman–Crippen MR) is 189 cm³/mol. The first-order chi connectivity index (χ1) is 23.0. The maximum absolute atomic E-state index is 14.6. The van der Waals surface area contributed by atoms with E-state index in [-0.39, 0.29) is 35.5 Å². The summed E-state index contributed by atoms with van der Waals surface area (Å²) in [6.07, 6.45) is 2.75. The van der Waals surface area contributed by atoms with Crippen LogP contribution in [-0.4, -0.2) is 56.6 Å². The molecule has 2 atom stereocenters. The molecule has 0 unspecified atom stereocenters. The van der Waals surface area contributed by atoms with Crippen LogP contribution < -0.4 is 14.4 Å². The van der Waals surface area contributed by atoms with Crippen molar-refractivity contribution in [2.75, 3.05) is 23.7 Å². The van der Waals surface area contributed by atoms with E-state index in [0.717, 1.165) is 14.8 Å². The van der Waals surface area contributed by atoms with Crippen molar-refractivity contribution in [3.63, 3.8) is 0 Å². The Morgan fingerprint density at radius 3 is 2.10 bits per heavy atom. The lowest BCUT2D eigenvalue weighted by atomic mass is 10.0. The highest BCUT2D eigenvalue weighted by molar-refractivity contribution is 7.98. The zero-order chi connectivity index (χ0) is 34.7. The molecule has 0 aliphatic rings. The Kier molecular flexibility index (Phi) is 13.0. The van der Waals surface area contributed by atoms with Gasteiger partial charge in [-0.15, -0.1) is 11.8 Å². The quantitative estimate of drug-likeness (QED) is 0.132. The highest BCUT2D eigenvalue weighted by atomic mass is 32.2. The summed E-state index contributed by atoms with van der Waals surface area (Å²) in [7, 11) is -4.25. The molecule has 2 amide bonds. The van der Waals surface area contributed by atoms with Crippen LogP contribution in [0, 0.1) is 5.82 Å². The van der Waals surface area contributed by atoms with Crippen molar-refractivity contribution < 1.29 is 27.1 Å². The normalized spacial score (nSPS) is 12.5. The standard InChI is InChI=1S/C37H42FN3O5S2/c1-5-27(3)39-37(43)35(24-28-10-8-7-9-11-28)40(25-29-12-14-30(38)15-13-29)36(42)26-41(31-16-18-32(19-17-31)46-6-2)48(44,45)34-22-20-33(47-4)21-23-34/h7-23,27,35H,5-6,24-26H2,1-4H3,(H,39,43)/t27-,35-/m0/s1. The van der Waals surface area contributed by atoms with E-state index in [2.05, 4.69) is 5.32 Å². The molecule has 4 rings (SSSR count). The van der Waals surface area contributed by atoms with Crippen molar-refractivity contribution in [1.29, 1.82) is 0 Å². The molecule has 11 heteroatoms. The molecule has 0 fully saturated rings. The molecule has 48 heavy (non-hydrogen) atoms. The molecule has 8 nitrogen and oxygen atoms in total. The molecule has 1 N–H and O–H groups in total. The van der Waals surface area contributed by atoms with Crippen LogP contribution in [0.2, 0.25) is 0 Å². The van der Waals surface area contributed by atoms with Crippen LogP contribution in [0.15, 0.2) is 113 Å². The Hall–Kier alpha value is -4.35. The van der Waals surface area contributed by atoms with E-state index in [0.29, 0.717) is 24.3 Å². The molecule has 0 aromatic heterocycles. The second-order valence-electron chi connectivity index (χ2n) is 11.3. The number of benzene rings is 4. The molecule has 4 aromatic carbocycles. The van der Waals surface area contributed by atoms with Crippen molar-refractivity contribution in [3.05, 3.63) is 120 Å². The van der Waals surface area contributed by atoms with Gasteiger partial charge in [0.05, 0.1) is 17.2 Å². The lowest BCUT2D eigenvalue weighted by Crippen LogP contribution is -2.54. The van der Waals surface area contributed by atoms with Crippen molar-refractivity contribution >= 4 is 39.3 Å².